The second kappa shape index (κ2) is 5.66. The highest BCUT2D eigenvalue weighted by Gasteiger charge is 2.14. The van der Waals surface area contributed by atoms with Crippen molar-refractivity contribution in [3.63, 3.8) is 0 Å². The Labute approximate surface area is 118 Å². The van der Waals surface area contributed by atoms with Crippen LogP contribution < -0.4 is 10.6 Å². The van der Waals surface area contributed by atoms with Crippen LogP contribution in [0.2, 0.25) is 0 Å². The number of amides is 2. The molecule has 0 aliphatic carbocycles. The molecule has 2 amide bonds. The molecule has 8 heteroatoms. The highest BCUT2D eigenvalue weighted by molar-refractivity contribution is 7.15. The fraction of sp³-hybridized carbons (Fsp3) is 0.167. The van der Waals surface area contributed by atoms with Crippen molar-refractivity contribution in [1.82, 2.24) is 9.97 Å². The summed E-state index contributed by atoms with van der Waals surface area (Å²) in [4.78, 5) is 31.6. The number of aromatic nitrogens is 2. The third-order valence-corrected chi connectivity index (χ3v) is 3.50. The van der Waals surface area contributed by atoms with Crippen molar-refractivity contribution in [2.75, 3.05) is 10.6 Å². The molecule has 0 aliphatic rings. The van der Waals surface area contributed by atoms with Crippen molar-refractivity contribution in [3.8, 4) is 0 Å². The number of pyridine rings is 1. The smallest absolute Gasteiger partial charge is 0.356 e. The number of carbonyl (C=O) groups excluding carboxylic acids is 1. The number of anilines is 2. The molecule has 0 aliphatic heterocycles. The van der Waals surface area contributed by atoms with E-state index in [0.717, 1.165) is 10.6 Å². The highest BCUT2D eigenvalue weighted by atomic mass is 32.1. The number of nitrogens with one attached hydrogen (secondary N) is 2. The van der Waals surface area contributed by atoms with Gasteiger partial charge in [0.15, 0.2) is 10.8 Å². The fourth-order valence-electron chi connectivity index (χ4n) is 1.45. The van der Waals surface area contributed by atoms with Gasteiger partial charge in [-0.25, -0.2) is 19.6 Å². The quantitative estimate of drug-likeness (QED) is 0.806. The minimum atomic E-state index is -1.21. The predicted octanol–water partition coefficient (Wildman–Crippen LogP) is 2.50. The highest BCUT2D eigenvalue weighted by Crippen LogP contribution is 2.21. The number of urea groups is 1. The average molecular weight is 292 g/mol. The maximum atomic E-state index is 11.8. The van der Waals surface area contributed by atoms with Gasteiger partial charge >= 0.3 is 12.0 Å². The van der Waals surface area contributed by atoms with Gasteiger partial charge in [0.25, 0.3) is 0 Å². The Kier molecular flexibility index (Phi) is 3.94. The summed E-state index contributed by atoms with van der Waals surface area (Å²) in [6.07, 6.45) is 1.35. The van der Waals surface area contributed by atoms with Crippen LogP contribution in [0.25, 0.3) is 0 Å². The van der Waals surface area contributed by atoms with Crippen LogP contribution in [0.15, 0.2) is 18.3 Å². The lowest BCUT2D eigenvalue weighted by atomic mass is 10.3. The summed E-state index contributed by atoms with van der Waals surface area (Å²) in [6, 6.07) is 2.45. The zero-order chi connectivity index (χ0) is 14.7. The number of hydrogen-bond donors (Lipinski definition) is 3. The molecule has 0 saturated heterocycles. The first kappa shape index (κ1) is 13.9. The van der Waals surface area contributed by atoms with E-state index in [1.165, 1.54) is 23.6 Å². The molecule has 0 unspecified atom stereocenters. The topological polar surface area (TPSA) is 104 Å². The van der Waals surface area contributed by atoms with Crippen LogP contribution in [0.3, 0.4) is 0 Å². The van der Waals surface area contributed by atoms with E-state index in [9.17, 15) is 9.59 Å². The van der Waals surface area contributed by atoms with Gasteiger partial charge in [-0.15, -0.1) is 11.3 Å². The summed E-state index contributed by atoms with van der Waals surface area (Å²) in [7, 11) is 0. The molecule has 0 fully saturated rings. The zero-order valence-corrected chi connectivity index (χ0v) is 11.6. The van der Waals surface area contributed by atoms with Gasteiger partial charge in [0.05, 0.1) is 11.4 Å². The van der Waals surface area contributed by atoms with E-state index in [2.05, 4.69) is 20.6 Å². The zero-order valence-electron chi connectivity index (χ0n) is 10.8. The van der Waals surface area contributed by atoms with Crippen molar-refractivity contribution >= 4 is 34.2 Å². The maximum absolute atomic E-state index is 11.8. The standard InChI is InChI=1S/C12H12N4O3S/c1-6-7(2)20-12(14-6)16-11(19)15-8-4-3-5-13-9(8)10(17)18/h3-5H,1-2H3,(H,17,18)(H2,14,15,16,19). The van der Waals surface area contributed by atoms with Crippen molar-refractivity contribution in [3.05, 3.63) is 34.6 Å². The van der Waals surface area contributed by atoms with Gasteiger partial charge in [-0.3, -0.25) is 5.32 Å². The van der Waals surface area contributed by atoms with Gasteiger partial charge in [-0.2, -0.15) is 0 Å². The largest absolute Gasteiger partial charge is 0.476 e. The molecule has 0 atom stereocenters. The summed E-state index contributed by atoms with van der Waals surface area (Å²) >= 11 is 1.35. The molecule has 2 heterocycles. The molecule has 20 heavy (non-hydrogen) atoms. The van der Waals surface area contributed by atoms with Crippen LogP contribution in [0.5, 0.6) is 0 Å². The van der Waals surface area contributed by atoms with Crippen LogP contribution in [0, 0.1) is 13.8 Å². The minimum Gasteiger partial charge on any atom is -0.476 e. The first-order valence-electron chi connectivity index (χ1n) is 5.67. The lowest BCUT2D eigenvalue weighted by Gasteiger charge is -2.07. The molecule has 0 aromatic carbocycles. The Morgan fingerprint density at radius 3 is 2.65 bits per heavy atom. The summed E-state index contributed by atoms with van der Waals surface area (Å²) in [5, 5.41) is 14.4. The SMILES string of the molecule is Cc1nc(NC(=O)Nc2cccnc2C(=O)O)sc1C. The minimum absolute atomic E-state index is 0.127. The number of carboxylic acid groups (broad SMARTS) is 1. The van der Waals surface area contributed by atoms with Crippen molar-refractivity contribution in [2.24, 2.45) is 0 Å². The molecule has 0 spiro atoms. The molecule has 104 valence electrons. The van der Waals surface area contributed by atoms with Crippen LogP contribution in [-0.4, -0.2) is 27.1 Å². The van der Waals surface area contributed by atoms with E-state index >= 15 is 0 Å². The monoisotopic (exact) mass is 292 g/mol. The van der Waals surface area contributed by atoms with E-state index < -0.39 is 12.0 Å². The molecule has 0 saturated carbocycles. The van der Waals surface area contributed by atoms with Crippen LogP contribution >= 0.6 is 11.3 Å². The van der Waals surface area contributed by atoms with Gasteiger partial charge in [-0.1, -0.05) is 0 Å². The van der Waals surface area contributed by atoms with Crippen LogP contribution in [-0.2, 0) is 0 Å². The molecule has 7 nitrogen and oxygen atoms in total. The third-order valence-electron chi connectivity index (χ3n) is 2.51. The maximum Gasteiger partial charge on any atom is 0.356 e. The molecule has 2 aromatic rings. The van der Waals surface area contributed by atoms with E-state index in [1.807, 2.05) is 13.8 Å². The van der Waals surface area contributed by atoms with Crippen molar-refractivity contribution in [2.45, 2.75) is 13.8 Å². The lowest BCUT2D eigenvalue weighted by Crippen LogP contribution is -2.21. The molecule has 0 radical (unpaired) electrons. The molecule has 2 rings (SSSR count). The molecule has 0 bridgehead atoms. The number of rotatable bonds is 3. The molecular formula is C12H12N4O3S. The number of carboxylic acids is 1. The summed E-state index contributed by atoms with van der Waals surface area (Å²) in [6.45, 7) is 3.75. The van der Waals surface area contributed by atoms with E-state index in [0.29, 0.717) is 5.13 Å². The van der Waals surface area contributed by atoms with Gasteiger partial charge in [0.1, 0.15) is 0 Å². The summed E-state index contributed by atoms with van der Waals surface area (Å²) in [5.74, 6) is -1.21. The summed E-state index contributed by atoms with van der Waals surface area (Å²) in [5.41, 5.74) is 0.759. The van der Waals surface area contributed by atoms with E-state index in [-0.39, 0.29) is 11.4 Å². The molecule has 2 aromatic heterocycles. The van der Waals surface area contributed by atoms with Crippen LogP contribution in [0.1, 0.15) is 21.1 Å². The molecular weight excluding hydrogens is 280 g/mol. The normalized spacial score (nSPS) is 10.1. The van der Waals surface area contributed by atoms with Crippen molar-refractivity contribution in [1.29, 1.82) is 0 Å². The van der Waals surface area contributed by atoms with Crippen LogP contribution in [0.4, 0.5) is 15.6 Å². The number of thiazole rings is 1. The van der Waals surface area contributed by atoms with Crippen molar-refractivity contribution < 1.29 is 14.7 Å². The van der Waals surface area contributed by atoms with E-state index in [1.54, 1.807) is 6.07 Å². The first-order valence-corrected chi connectivity index (χ1v) is 6.49. The Morgan fingerprint density at radius 1 is 1.30 bits per heavy atom. The van der Waals surface area contributed by atoms with Gasteiger partial charge < -0.3 is 10.4 Å². The first-order chi connectivity index (χ1) is 9.47. The van der Waals surface area contributed by atoms with Gasteiger partial charge in [-0.05, 0) is 26.0 Å². The fourth-order valence-corrected chi connectivity index (χ4v) is 2.26. The Morgan fingerprint density at radius 2 is 2.05 bits per heavy atom. The second-order valence-electron chi connectivity index (χ2n) is 3.94. The Hall–Kier alpha value is -2.48. The van der Waals surface area contributed by atoms with E-state index in [4.69, 9.17) is 5.11 Å². The predicted molar refractivity (Wildman–Crippen MR) is 75.4 cm³/mol. The number of aromatic carboxylic acids is 1. The number of hydrogen-bond acceptors (Lipinski definition) is 5. The van der Waals surface area contributed by atoms with Gasteiger partial charge in [0.2, 0.25) is 0 Å². The second-order valence-corrected chi connectivity index (χ2v) is 5.15. The average Bonchev–Trinajstić information content (AvgIpc) is 2.68. The number of aryl methyl sites for hydroxylation is 2. The lowest BCUT2D eigenvalue weighted by molar-refractivity contribution is 0.0692. The van der Waals surface area contributed by atoms with Gasteiger partial charge in [0, 0.05) is 11.1 Å². The molecule has 3 N–H and O–H groups in total. The summed E-state index contributed by atoms with van der Waals surface area (Å²) < 4.78 is 0. The Balaban J connectivity index is 2.10. The Bertz CT molecular complexity index is 649. The number of carbonyl (C=O) groups is 2. The number of nitrogens with zero attached hydrogens (tertiary/aromatic N) is 2. The third kappa shape index (κ3) is 3.09.